The third kappa shape index (κ3) is 4.62. The lowest BCUT2D eigenvalue weighted by Gasteiger charge is -2.32. The summed E-state index contributed by atoms with van der Waals surface area (Å²) in [6.07, 6.45) is 4.78. The van der Waals surface area contributed by atoms with Crippen LogP contribution in [0.3, 0.4) is 0 Å². The summed E-state index contributed by atoms with van der Waals surface area (Å²) < 4.78 is 10.6. The molecule has 2 aromatic carbocycles. The van der Waals surface area contributed by atoms with Crippen LogP contribution in [0, 0.1) is 0 Å². The average Bonchev–Trinajstić information content (AvgIpc) is 3.36. The molecule has 1 aromatic heterocycles. The summed E-state index contributed by atoms with van der Waals surface area (Å²) in [4.78, 5) is 28.2. The fraction of sp³-hybridized carbons (Fsp3) is 0.346. The Labute approximate surface area is 193 Å². The molecule has 7 heteroatoms. The van der Waals surface area contributed by atoms with Crippen LogP contribution in [-0.4, -0.2) is 54.1 Å². The Morgan fingerprint density at radius 1 is 1.09 bits per heavy atom. The molecule has 1 aliphatic rings. The zero-order valence-electron chi connectivity index (χ0n) is 19.3. The second-order valence-corrected chi connectivity index (χ2v) is 8.23. The van der Waals surface area contributed by atoms with Crippen molar-refractivity contribution >= 4 is 11.7 Å². The number of aromatic nitrogens is 2. The number of nitrogens with zero attached hydrogens (tertiary/aromatic N) is 2. The Balaban J connectivity index is 1.50. The van der Waals surface area contributed by atoms with E-state index >= 15 is 0 Å². The fourth-order valence-corrected chi connectivity index (χ4v) is 4.45. The van der Waals surface area contributed by atoms with Gasteiger partial charge in [0, 0.05) is 35.8 Å². The van der Waals surface area contributed by atoms with E-state index in [-0.39, 0.29) is 17.6 Å². The highest BCUT2D eigenvalue weighted by molar-refractivity contribution is 6.11. The highest BCUT2D eigenvalue weighted by atomic mass is 16.5. The minimum atomic E-state index is -0.186. The zero-order chi connectivity index (χ0) is 23.4. The van der Waals surface area contributed by atoms with Crippen LogP contribution in [0.5, 0.6) is 11.5 Å². The van der Waals surface area contributed by atoms with E-state index in [0.29, 0.717) is 34.7 Å². The molecule has 172 valence electrons. The Kier molecular flexibility index (Phi) is 6.77. The number of ketones is 1. The first kappa shape index (κ1) is 22.6. The van der Waals surface area contributed by atoms with Crippen molar-refractivity contribution < 1.29 is 19.1 Å². The number of hydrogen-bond donors (Lipinski definition) is 1. The molecule has 1 fully saturated rings. The van der Waals surface area contributed by atoms with Gasteiger partial charge in [-0.1, -0.05) is 19.1 Å². The summed E-state index contributed by atoms with van der Waals surface area (Å²) in [5, 5.41) is 7.33. The maximum absolute atomic E-state index is 13.2. The highest BCUT2D eigenvalue weighted by Gasteiger charge is 2.28. The second kappa shape index (κ2) is 9.90. The van der Waals surface area contributed by atoms with E-state index in [4.69, 9.17) is 9.47 Å². The number of ether oxygens (including phenoxy) is 2. The van der Waals surface area contributed by atoms with E-state index < -0.39 is 0 Å². The molecule has 3 aromatic rings. The van der Waals surface area contributed by atoms with Crippen molar-refractivity contribution in [1.82, 2.24) is 15.1 Å². The molecule has 0 radical (unpaired) electrons. The van der Waals surface area contributed by atoms with Gasteiger partial charge in [0.25, 0.3) is 5.91 Å². The molecule has 1 amide bonds. The number of hydrogen-bond acceptors (Lipinski definition) is 5. The van der Waals surface area contributed by atoms with Gasteiger partial charge in [0.05, 0.1) is 26.0 Å². The zero-order valence-corrected chi connectivity index (χ0v) is 19.3. The molecule has 0 spiro atoms. The molecule has 0 unspecified atom stereocenters. The maximum Gasteiger partial charge on any atom is 0.253 e. The minimum Gasteiger partial charge on any atom is -0.497 e. The molecule has 0 aliphatic carbocycles. The number of amides is 1. The Morgan fingerprint density at radius 3 is 2.55 bits per heavy atom. The molecule has 7 nitrogen and oxygen atoms in total. The Bertz CT molecular complexity index is 1140. The second-order valence-electron chi connectivity index (χ2n) is 8.23. The van der Waals surface area contributed by atoms with Gasteiger partial charge >= 0.3 is 0 Å². The van der Waals surface area contributed by atoms with E-state index in [1.54, 1.807) is 49.6 Å². The first-order valence-electron chi connectivity index (χ1n) is 11.2. The first-order chi connectivity index (χ1) is 16.0. The number of aryl methyl sites for hydroxylation is 1. The summed E-state index contributed by atoms with van der Waals surface area (Å²) in [5.41, 5.74) is 3.83. The van der Waals surface area contributed by atoms with Gasteiger partial charge in [-0.2, -0.15) is 5.10 Å². The predicted octanol–water partition coefficient (Wildman–Crippen LogP) is 4.24. The molecule has 33 heavy (non-hydrogen) atoms. The van der Waals surface area contributed by atoms with Crippen LogP contribution in [0.1, 0.15) is 63.2 Å². The van der Waals surface area contributed by atoms with Crippen molar-refractivity contribution in [2.45, 2.75) is 32.1 Å². The molecule has 1 aliphatic heterocycles. The van der Waals surface area contributed by atoms with Crippen molar-refractivity contribution in [1.29, 1.82) is 0 Å². The smallest absolute Gasteiger partial charge is 0.253 e. The monoisotopic (exact) mass is 447 g/mol. The first-order valence-corrected chi connectivity index (χ1v) is 11.2. The molecular formula is C26H29N3O4. The van der Waals surface area contributed by atoms with E-state index in [1.807, 2.05) is 11.1 Å². The third-order valence-corrected chi connectivity index (χ3v) is 6.29. The van der Waals surface area contributed by atoms with Crippen molar-refractivity contribution in [3.63, 3.8) is 0 Å². The van der Waals surface area contributed by atoms with Crippen LogP contribution in [0.4, 0.5) is 0 Å². The number of H-pyrrole nitrogens is 1. The summed E-state index contributed by atoms with van der Waals surface area (Å²) >= 11 is 0. The summed E-state index contributed by atoms with van der Waals surface area (Å²) in [6.45, 7) is 3.51. The predicted molar refractivity (Wildman–Crippen MR) is 125 cm³/mol. The number of nitrogens with one attached hydrogen (secondary N) is 1. The van der Waals surface area contributed by atoms with Gasteiger partial charge in [0.2, 0.25) is 0 Å². The average molecular weight is 448 g/mol. The Hall–Kier alpha value is -3.61. The molecule has 4 rings (SSSR count). The van der Waals surface area contributed by atoms with Gasteiger partial charge in [-0.3, -0.25) is 14.7 Å². The van der Waals surface area contributed by atoms with E-state index in [0.717, 1.165) is 31.5 Å². The van der Waals surface area contributed by atoms with Gasteiger partial charge in [-0.15, -0.1) is 0 Å². The van der Waals surface area contributed by atoms with Crippen LogP contribution in [0.2, 0.25) is 0 Å². The normalized spacial score (nSPS) is 15.8. The number of methoxy groups -OCH3 is 2. The summed E-state index contributed by atoms with van der Waals surface area (Å²) in [6, 6.07) is 11.9. The van der Waals surface area contributed by atoms with Crippen LogP contribution < -0.4 is 9.47 Å². The quantitative estimate of drug-likeness (QED) is 0.548. The molecular weight excluding hydrogens is 418 g/mol. The van der Waals surface area contributed by atoms with E-state index in [2.05, 4.69) is 17.1 Å². The standard InChI is InChI=1S/C26H29N3O4/c1-4-17-15-27-28-24(17)20-6-5-13-29(16-20)26(31)19-9-7-18(8-10-19)25(30)22-14-21(32-2)11-12-23(22)33-3/h7-12,14-15,20H,4-6,13,16H2,1-3H3,(H,27,28)/t20-/m0/s1. The number of benzene rings is 2. The highest BCUT2D eigenvalue weighted by Crippen LogP contribution is 2.29. The van der Waals surface area contributed by atoms with Crippen molar-refractivity contribution in [3.8, 4) is 11.5 Å². The molecule has 2 heterocycles. The topological polar surface area (TPSA) is 84.5 Å². The lowest BCUT2D eigenvalue weighted by Crippen LogP contribution is -2.39. The molecule has 1 saturated heterocycles. The number of rotatable bonds is 7. The maximum atomic E-state index is 13.2. The van der Waals surface area contributed by atoms with Crippen LogP contribution in [-0.2, 0) is 6.42 Å². The minimum absolute atomic E-state index is 0.0183. The molecule has 0 saturated carbocycles. The van der Waals surface area contributed by atoms with Gasteiger partial charge in [0.1, 0.15) is 11.5 Å². The van der Waals surface area contributed by atoms with Crippen LogP contribution in [0.15, 0.2) is 48.7 Å². The van der Waals surface area contributed by atoms with Gasteiger partial charge in [0.15, 0.2) is 5.78 Å². The van der Waals surface area contributed by atoms with Crippen molar-refractivity contribution in [2.75, 3.05) is 27.3 Å². The number of aromatic amines is 1. The number of carbonyl (C=O) groups excluding carboxylic acids is 2. The fourth-order valence-electron chi connectivity index (χ4n) is 4.45. The SMILES string of the molecule is CCc1cn[nH]c1[C@H]1CCCN(C(=O)c2ccc(C(=O)c3cc(OC)ccc3OC)cc2)C1. The lowest BCUT2D eigenvalue weighted by atomic mass is 9.91. The van der Waals surface area contributed by atoms with Gasteiger partial charge < -0.3 is 14.4 Å². The lowest BCUT2D eigenvalue weighted by molar-refractivity contribution is 0.0705. The Morgan fingerprint density at radius 2 is 1.85 bits per heavy atom. The van der Waals surface area contributed by atoms with E-state index in [1.165, 1.54) is 12.7 Å². The van der Waals surface area contributed by atoms with Crippen molar-refractivity contribution in [2.24, 2.45) is 0 Å². The summed E-state index contributed by atoms with van der Waals surface area (Å²) in [7, 11) is 3.08. The van der Waals surface area contributed by atoms with Crippen molar-refractivity contribution in [3.05, 3.63) is 76.6 Å². The number of piperidine rings is 1. The van der Waals surface area contributed by atoms with Crippen LogP contribution in [0.25, 0.3) is 0 Å². The van der Waals surface area contributed by atoms with Crippen LogP contribution >= 0.6 is 0 Å². The largest absolute Gasteiger partial charge is 0.497 e. The third-order valence-electron chi connectivity index (χ3n) is 6.29. The molecule has 0 bridgehead atoms. The number of likely N-dealkylation sites (tertiary alicyclic amines) is 1. The number of carbonyl (C=O) groups is 2. The van der Waals surface area contributed by atoms with Gasteiger partial charge in [-0.25, -0.2) is 0 Å². The summed E-state index contributed by atoms with van der Waals surface area (Å²) in [5.74, 6) is 1.12. The van der Waals surface area contributed by atoms with Gasteiger partial charge in [-0.05, 0) is 55.2 Å². The molecule has 1 atom stereocenters. The van der Waals surface area contributed by atoms with E-state index in [9.17, 15) is 9.59 Å². The molecule has 1 N–H and O–H groups in total.